The second-order valence-electron chi connectivity index (χ2n) is 4.90. The summed E-state index contributed by atoms with van der Waals surface area (Å²) in [6.45, 7) is 4.79. The maximum absolute atomic E-state index is 11.1. The lowest BCUT2D eigenvalue weighted by molar-refractivity contribution is 0.171. The molecule has 19 heavy (non-hydrogen) atoms. The standard InChI is InChI=1S/C13H19N3O3/c1-7(2)11(6-18-3)15-9-5-10-12(4-8(9)14)19-13(17)16-10/h4-5,7,11,15H,6,14H2,1-3H3,(H,16,17). The number of ether oxygens (including phenoxy) is 1. The number of oxazole rings is 1. The van der Waals surface area contributed by atoms with E-state index in [2.05, 4.69) is 24.1 Å². The molecular weight excluding hydrogens is 246 g/mol. The third-order valence-electron chi connectivity index (χ3n) is 3.08. The Bertz CT molecular complexity index is 615. The molecule has 0 aliphatic heterocycles. The van der Waals surface area contributed by atoms with Gasteiger partial charge in [-0.25, -0.2) is 4.79 Å². The quantitative estimate of drug-likeness (QED) is 0.717. The lowest BCUT2D eigenvalue weighted by atomic mass is 10.0. The largest absolute Gasteiger partial charge is 0.417 e. The molecular formula is C13H19N3O3. The maximum atomic E-state index is 11.1. The number of aromatic amines is 1. The van der Waals surface area contributed by atoms with E-state index in [-0.39, 0.29) is 6.04 Å². The van der Waals surface area contributed by atoms with E-state index < -0.39 is 5.76 Å². The zero-order valence-electron chi connectivity index (χ0n) is 11.3. The second-order valence-corrected chi connectivity index (χ2v) is 4.90. The predicted octanol–water partition coefficient (Wildman–Crippen LogP) is 1.79. The molecule has 0 spiro atoms. The van der Waals surface area contributed by atoms with Crippen LogP contribution in [0.1, 0.15) is 13.8 Å². The van der Waals surface area contributed by atoms with Crippen molar-refractivity contribution in [3.8, 4) is 0 Å². The summed E-state index contributed by atoms with van der Waals surface area (Å²) in [7, 11) is 1.66. The Labute approximate surface area is 110 Å². The van der Waals surface area contributed by atoms with Gasteiger partial charge in [0.1, 0.15) is 0 Å². The van der Waals surface area contributed by atoms with E-state index in [1.165, 1.54) is 0 Å². The highest BCUT2D eigenvalue weighted by Crippen LogP contribution is 2.26. The Morgan fingerprint density at radius 1 is 1.47 bits per heavy atom. The highest BCUT2D eigenvalue weighted by molar-refractivity contribution is 5.85. The van der Waals surface area contributed by atoms with Crippen LogP contribution in [0.15, 0.2) is 21.3 Å². The molecule has 2 rings (SSSR count). The average molecular weight is 265 g/mol. The Morgan fingerprint density at radius 2 is 2.21 bits per heavy atom. The molecule has 0 aliphatic carbocycles. The monoisotopic (exact) mass is 265 g/mol. The lowest BCUT2D eigenvalue weighted by Gasteiger charge is -2.23. The van der Waals surface area contributed by atoms with E-state index >= 15 is 0 Å². The van der Waals surface area contributed by atoms with E-state index in [9.17, 15) is 4.79 Å². The number of methoxy groups -OCH3 is 1. The summed E-state index contributed by atoms with van der Waals surface area (Å²) in [6.07, 6.45) is 0. The molecule has 0 amide bonds. The fraction of sp³-hybridized carbons (Fsp3) is 0.462. The molecule has 1 unspecified atom stereocenters. The van der Waals surface area contributed by atoms with Crippen molar-refractivity contribution >= 4 is 22.5 Å². The SMILES string of the molecule is COCC(Nc1cc2[nH]c(=O)oc2cc1N)C(C)C. The number of anilines is 2. The van der Waals surface area contributed by atoms with Crippen LogP contribution in [0.25, 0.3) is 11.1 Å². The van der Waals surface area contributed by atoms with Crippen molar-refractivity contribution < 1.29 is 9.15 Å². The van der Waals surface area contributed by atoms with Gasteiger partial charge in [0.2, 0.25) is 0 Å². The van der Waals surface area contributed by atoms with Gasteiger partial charge < -0.3 is 20.2 Å². The minimum atomic E-state index is -0.483. The number of hydrogen-bond donors (Lipinski definition) is 3. The number of benzene rings is 1. The predicted molar refractivity (Wildman–Crippen MR) is 75.4 cm³/mol. The van der Waals surface area contributed by atoms with Crippen LogP contribution in [-0.2, 0) is 4.74 Å². The molecule has 0 fully saturated rings. The molecule has 6 nitrogen and oxygen atoms in total. The molecule has 1 heterocycles. The minimum Gasteiger partial charge on any atom is -0.408 e. The normalized spacial score (nSPS) is 13.1. The molecule has 4 N–H and O–H groups in total. The Kier molecular flexibility index (Phi) is 3.80. The Balaban J connectivity index is 2.33. The molecule has 0 aliphatic rings. The van der Waals surface area contributed by atoms with E-state index in [1.807, 2.05) is 0 Å². The van der Waals surface area contributed by atoms with Crippen LogP contribution < -0.4 is 16.8 Å². The molecule has 0 saturated heterocycles. The first kappa shape index (κ1) is 13.5. The van der Waals surface area contributed by atoms with Crippen LogP contribution in [0, 0.1) is 5.92 Å². The lowest BCUT2D eigenvalue weighted by Crippen LogP contribution is -2.30. The highest BCUT2D eigenvalue weighted by atomic mass is 16.5. The van der Waals surface area contributed by atoms with E-state index in [0.29, 0.717) is 29.3 Å². The summed E-state index contributed by atoms with van der Waals surface area (Å²) < 4.78 is 10.1. The average Bonchev–Trinajstić information content (AvgIpc) is 2.67. The summed E-state index contributed by atoms with van der Waals surface area (Å²) in [4.78, 5) is 13.8. The van der Waals surface area contributed by atoms with Crippen molar-refractivity contribution in [2.45, 2.75) is 19.9 Å². The van der Waals surface area contributed by atoms with Gasteiger partial charge in [0.15, 0.2) is 5.58 Å². The van der Waals surface area contributed by atoms with Crippen molar-refractivity contribution in [2.24, 2.45) is 5.92 Å². The van der Waals surface area contributed by atoms with Crippen LogP contribution in [0.5, 0.6) is 0 Å². The molecule has 0 saturated carbocycles. The van der Waals surface area contributed by atoms with E-state index in [1.54, 1.807) is 19.2 Å². The van der Waals surface area contributed by atoms with Gasteiger partial charge in [0, 0.05) is 13.2 Å². The van der Waals surface area contributed by atoms with E-state index in [4.69, 9.17) is 14.9 Å². The number of nitrogens with one attached hydrogen (secondary N) is 2. The van der Waals surface area contributed by atoms with Crippen molar-refractivity contribution in [1.82, 2.24) is 4.98 Å². The molecule has 0 radical (unpaired) electrons. The molecule has 6 heteroatoms. The zero-order valence-corrected chi connectivity index (χ0v) is 11.3. The Morgan fingerprint density at radius 3 is 2.84 bits per heavy atom. The van der Waals surface area contributed by atoms with Gasteiger partial charge in [-0.3, -0.25) is 4.98 Å². The number of fused-ring (bicyclic) bond motifs is 1. The summed E-state index contributed by atoms with van der Waals surface area (Å²) >= 11 is 0. The highest BCUT2D eigenvalue weighted by Gasteiger charge is 2.15. The first-order chi connectivity index (χ1) is 9.01. The summed E-state index contributed by atoms with van der Waals surface area (Å²) in [5.74, 6) is -0.0951. The summed E-state index contributed by atoms with van der Waals surface area (Å²) in [6, 6.07) is 3.56. The third kappa shape index (κ3) is 2.90. The minimum absolute atomic E-state index is 0.142. The topological polar surface area (TPSA) is 93.3 Å². The van der Waals surface area contributed by atoms with Crippen molar-refractivity contribution in [1.29, 1.82) is 0 Å². The number of H-pyrrole nitrogens is 1. The van der Waals surface area contributed by atoms with Gasteiger partial charge in [-0.2, -0.15) is 0 Å². The van der Waals surface area contributed by atoms with Gasteiger partial charge in [-0.1, -0.05) is 13.8 Å². The van der Waals surface area contributed by atoms with Crippen molar-refractivity contribution in [3.05, 3.63) is 22.7 Å². The number of hydrogen-bond acceptors (Lipinski definition) is 5. The summed E-state index contributed by atoms with van der Waals surface area (Å²) in [5.41, 5.74) is 8.35. The molecule has 1 aromatic carbocycles. The smallest absolute Gasteiger partial charge is 0.408 e. The van der Waals surface area contributed by atoms with Crippen LogP contribution in [0.2, 0.25) is 0 Å². The third-order valence-corrected chi connectivity index (χ3v) is 3.08. The maximum Gasteiger partial charge on any atom is 0.417 e. The number of nitrogens with two attached hydrogens (primary N) is 1. The fourth-order valence-corrected chi connectivity index (χ4v) is 1.92. The molecule has 0 bridgehead atoms. The van der Waals surface area contributed by atoms with Gasteiger partial charge in [-0.05, 0) is 12.0 Å². The molecule has 1 aromatic heterocycles. The van der Waals surface area contributed by atoms with Crippen LogP contribution in [0.4, 0.5) is 11.4 Å². The van der Waals surface area contributed by atoms with Gasteiger partial charge in [-0.15, -0.1) is 0 Å². The zero-order chi connectivity index (χ0) is 14.0. The van der Waals surface area contributed by atoms with Crippen LogP contribution in [0.3, 0.4) is 0 Å². The number of rotatable bonds is 5. The second kappa shape index (κ2) is 5.36. The molecule has 104 valence electrons. The first-order valence-electron chi connectivity index (χ1n) is 6.19. The van der Waals surface area contributed by atoms with Crippen LogP contribution in [-0.4, -0.2) is 24.7 Å². The molecule has 2 aromatic rings. The van der Waals surface area contributed by atoms with Gasteiger partial charge in [0.25, 0.3) is 0 Å². The van der Waals surface area contributed by atoms with E-state index in [0.717, 1.165) is 5.69 Å². The number of aromatic nitrogens is 1. The van der Waals surface area contributed by atoms with Crippen LogP contribution >= 0.6 is 0 Å². The van der Waals surface area contributed by atoms with Gasteiger partial charge >= 0.3 is 5.76 Å². The fourth-order valence-electron chi connectivity index (χ4n) is 1.92. The van der Waals surface area contributed by atoms with Crippen molar-refractivity contribution in [2.75, 3.05) is 24.8 Å². The Hall–Kier alpha value is -1.95. The molecule has 1 atom stereocenters. The first-order valence-corrected chi connectivity index (χ1v) is 6.19. The van der Waals surface area contributed by atoms with Gasteiger partial charge in [0.05, 0.1) is 29.5 Å². The number of nitrogen functional groups attached to an aromatic ring is 1. The summed E-state index contributed by atoms with van der Waals surface area (Å²) in [5, 5.41) is 3.34. The van der Waals surface area contributed by atoms with Crippen molar-refractivity contribution in [3.63, 3.8) is 0 Å².